The number of nitrogens with one attached hydrogen (secondary N) is 1. The van der Waals surface area contributed by atoms with Gasteiger partial charge in [0.2, 0.25) is 5.91 Å². The van der Waals surface area contributed by atoms with Gasteiger partial charge in [0.15, 0.2) is 5.13 Å². The molecule has 1 aromatic rings. The van der Waals surface area contributed by atoms with E-state index < -0.39 is 0 Å². The molecule has 1 aliphatic rings. The molecule has 0 aromatic carbocycles. The molecule has 0 saturated carbocycles. The van der Waals surface area contributed by atoms with Gasteiger partial charge in [-0.3, -0.25) is 9.69 Å². The molecule has 2 N–H and O–H groups in total. The van der Waals surface area contributed by atoms with Gasteiger partial charge >= 0.3 is 0 Å². The average molecular weight is 284 g/mol. The summed E-state index contributed by atoms with van der Waals surface area (Å²) in [4.78, 5) is 20.1. The number of likely N-dealkylation sites (N-methyl/N-ethyl adjacent to an activating group) is 1. The van der Waals surface area contributed by atoms with E-state index in [9.17, 15) is 9.90 Å². The minimum atomic E-state index is -0.336. The van der Waals surface area contributed by atoms with Crippen molar-refractivity contribution >= 4 is 22.4 Å². The van der Waals surface area contributed by atoms with Gasteiger partial charge in [-0.1, -0.05) is 0 Å². The highest BCUT2D eigenvalue weighted by Crippen LogP contribution is 2.18. The molecule has 0 radical (unpaired) electrons. The second kappa shape index (κ2) is 6.42. The first-order chi connectivity index (χ1) is 9.04. The third-order valence-electron chi connectivity index (χ3n) is 3.11. The molecule has 1 fully saturated rings. The maximum atomic E-state index is 11.9. The van der Waals surface area contributed by atoms with E-state index in [2.05, 4.69) is 15.2 Å². The number of carbonyl (C=O) groups excluding carboxylic acids is 1. The summed E-state index contributed by atoms with van der Waals surface area (Å²) in [5.74, 6) is -0.0761. The lowest BCUT2D eigenvalue weighted by atomic mass is 10.2. The van der Waals surface area contributed by atoms with Crippen LogP contribution in [-0.4, -0.2) is 71.7 Å². The molecule has 2 heterocycles. The lowest BCUT2D eigenvalue weighted by Crippen LogP contribution is -2.41. The van der Waals surface area contributed by atoms with Crippen molar-refractivity contribution in [2.75, 3.05) is 39.0 Å². The fourth-order valence-corrected chi connectivity index (χ4v) is 2.94. The smallest absolute Gasteiger partial charge is 0.240 e. The van der Waals surface area contributed by atoms with Crippen molar-refractivity contribution in [1.29, 1.82) is 0 Å². The van der Waals surface area contributed by atoms with Crippen molar-refractivity contribution < 1.29 is 9.90 Å². The second-order valence-corrected chi connectivity index (χ2v) is 6.02. The number of hydrogen-bond acceptors (Lipinski definition) is 6. The Morgan fingerprint density at radius 1 is 1.68 bits per heavy atom. The molecule has 0 bridgehead atoms. The molecule has 1 aromatic heterocycles. The topological polar surface area (TPSA) is 68.7 Å². The van der Waals surface area contributed by atoms with Gasteiger partial charge in [-0.2, -0.15) is 0 Å². The molecule has 2 unspecified atom stereocenters. The Labute approximate surface area is 117 Å². The normalized spacial score (nSPS) is 24.0. The third-order valence-corrected chi connectivity index (χ3v) is 3.80. The van der Waals surface area contributed by atoms with Gasteiger partial charge < -0.3 is 15.3 Å². The van der Waals surface area contributed by atoms with Crippen LogP contribution in [0.15, 0.2) is 11.6 Å². The predicted molar refractivity (Wildman–Crippen MR) is 75.3 cm³/mol. The molecule has 1 aliphatic heterocycles. The molecule has 2 rings (SSSR count). The number of thiazole rings is 1. The van der Waals surface area contributed by atoms with Gasteiger partial charge in [0.1, 0.15) is 0 Å². The highest BCUT2D eigenvalue weighted by molar-refractivity contribution is 7.13. The SMILES string of the molecule is CN(C)CC1CC(O)CN1CC(=O)Nc1nccs1. The molecule has 0 spiro atoms. The predicted octanol–water partition coefficient (Wildman–Crippen LogP) is 0.0784. The van der Waals surface area contributed by atoms with Crippen LogP contribution in [0.4, 0.5) is 5.13 Å². The molecule has 0 aliphatic carbocycles. The van der Waals surface area contributed by atoms with Crippen LogP contribution >= 0.6 is 11.3 Å². The molecule has 1 saturated heterocycles. The highest BCUT2D eigenvalue weighted by Gasteiger charge is 2.32. The van der Waals surface area contributed by atoms with E-state index in [1.807, 2.05) is 24.4 Å². The number of hydrogen-bond donors (Lipinski definition) is 2. The standard InChI is InChI=1S/C12H20N4O2S/c1-15(2)6-9-5-10(17)7-16(9)8-11(18)14-12-13-3-4-19-12/h3-4,9-10,17H,5-8H2,1-2H3,(H,13,14,18). The fourth-order valence-electron chi connectivity index (χ4n) is 2.39. The summed E-state index contributed by atoms with van der Waals surface area (Å²) in [5, 5.41) is 15.0. The van der Waals surface area contributed by atoms with E-state index in [-0.39, 0.29) is 18.1 Å². The summed E-state index contributed by atoms with van der Waals surface area (Å²) in [5.41, 5.74) is 0. The van der Waals surface area contributed by atoms with E-state index in [0.717, 1.165) is 13.0 Å². The number of rotatable bonds is 5. The van der Waals surface area contributed by atoms with E-state index >= 15 is 0 Å². The number of anilines is 1. The number of likely N-dealkylation sites (tertiary alicyclic amines) is 1. The molecule has 7 heteroatoms. The molecule has 1 amide bonds. The first-order valence-corrected chi connectivity index (χ1v) is 7.18. The Morgan fingerprint density at radius 3 is 3.11 bits per heavy atom. The van der Waals surface area contributed by atoms with E-state index in [4.69, 9.17) is 0 Å². The van der Waals surface area contributed by atoms with Crippen LogP contribution in [0.1, 0.15) is 6.42 Å². The van der Waals surface area contributed by atoms with Gasteiger partial charge in [-0.25, -0.2) is 4.98 Å². The van der Waals surface area contributed by atoms with Crippen LogP contribution in [0.5, 0.6) is 0 Å². The Bertz CT molecular complexity index is 410. The van der Waals surface area contributed by atoms with Crippen LogP contribution in [0, 0.1) is 0 Å². The summed E-state index contributed by atoms with van der Waals surface area (Å²) in [7, 11) is 4.00. The van der Waals surface area contributed by atoms with Gasteiger partial charge in [-0.05, 0) is 20.5 Å². The van der Waals surface area contributed by atoms with Crippen molar-refractivity contribution in [1.82, 2.24) is 14.8 Å². The molecule has 19 heavy (non-hydrogen) atoms. The Hall–Kier alpha value is -1.02. The van der Waals surface area contributed by atoms with Crippen molar-refractivity contribution in [2.45, 2.75) is 18.6 Å². The van der Waals surface area contributed by atoms with Gasteiger partial charge in [0.25, 0.3) is 0 Å². The highest BCUT2D eigenvalue weighted by atomic mass is 32.1. The van der Waals surface area contributed by atoms with E-state index in [1.54, 1.807) is 6.20 Å². The number of aliphatic hydroxyl groups excluding tert-OH is 1. The number of carbonyl (C=O) groups is 1. The van der Waals surface area contributed by atoms with Gasteiger partial charge in [0.05, 0.1) is 12.6 Å². The zero-order valence-corrected chi connectivity index (χ0v) is 12.1. The van der Waals surface area contributed by atoms with Crippen LogP contribution in [-0.2, 0) is 4.79 Å². The van der Waals surface area contributed by atoms with Crippen LogP contribution in [0.3, 0.4) is 0 Å². The van der Waals surface area contributed by atoms with Crippen molar-refractivity contribution in [3.8, 4) is 0 Å². The zero-order valence-electron chi connectivity index (χ0n) is 11.2. The van der Waals surface area contributed by atoms with Crippen molar-refractivity contribution in [3.63, 3.8) is 0 Å². The lowest BCUT2D eigenvalue weighted by molar-refractivity contribution is -0.117. The third kappa shape index (κ3) is 4.24. The maximum Gasteiger partial charge on any atom is 0.240 e. The minimum absolute atomic E-state index is 0.0761. The minimum Gasteiger partial charge on any atom is -0.392 e. The van der Waals surface area contributed by atoms with E-state index in [0.29, 0.717) is 18.2 Å². The molecule has 6 nitrogen and oxygen atoms in total. The number of aliphatic hydroxyl groups is 1. The second-order valence-electron chi connectivity index (χ2n) is 5.12. The Morgan fingerprint density at radius 2 is 2.47 bits per heavy atom. The quantitative estimate of drug-likeness (QED) is 0.801. The molecule has 106 valence electrons. The lowest BCUT2D eigenvalue weighted by Gasteiger charge is -2.25. The van der Waals surface area contributed by atoms with Gasteiger partial charge in [0, 0.05) is 30.7 Å². The number of amides is 1. The first-order valence-electron chi connectivity index (χ1n) is 6.31. The Kier molecular flexibility index (Phi) is 4.87. The van der Waals surface area contributed by atoms with Crippen LogP contribution < -0.4 is 5.32 Å². The fraction of sp³-hybridized carbons (Fsp3) is 0.667. The van der Waals surface area contributed by atoms with Crippen molar-refractivity contribution in [3.05, 3.63) is 11.6 Å². The van der Waals surface area contributed by atoms with Crippen LogP contribution in [0.25, 0.3) is 0 Å². The van der Waals surface area contributed by atoms with E-state index in [1.165, 1.54) is 11.3 Å². The monoisotopic (exact) mass is 284 g/mol. The summed E-state index contributed by atoms with van der Waals surface area (Å²) in [6.07, 6.45) is 2.05. The largest absolute Gasteiger partial charge is 0.392 e. The first kappa shape index (κ1) is 14.4. The van der Waals surface area contributed by atoms with Crippen LogP contribution in [0.2, 0.25) is 0 Å². The number of nitrogens with zero attached hydrogens (tertiary/aromatic N) is 3. The number of β-amino-alcohol motifs (C(OH)–C–C–N with tert-alkyl or cyclic N) is 1. The molecular formula is C12H20N4O2S. The zero-order chi connectivity index (χ0) is 13.8. The summed E-state index contributed by atoms with van der Waals surface area (Å²) < 4.78 is 0. The average Bonchev–Trinajstić information content (AvgIpc) is 2.89. The summed E-state index contributed by atoms with van der Waals surface area (Å²) in [6, 6.07) is 0.229. The van der Waals surface area contributed by atoms with Gasteiger partial charge in [-0.15, -0.1) is 11.3 Å². The molecule has 2 atom stereocenters. The summed E-state index contributed by atoms with van der Waals surface area (Å²) in [6.45, 7) is 1.71. The van der Waals surface area contributed by atoms with Crippen molar-refractivity contribution in [2.24, 2.45) is 0 Å². The Balaban J connectivity index is 1.87. The maximum absolute atomic E-state index is 11.9. The summed E-state index contributed by atoms with van der Waals surface area (Å²) >= 11 is 1.40. The number of aromatic nitrogens is 1. The molecular weight excluding hydrogens is 264 g/mol.